The van der Waals surface area contributed by atoms with Crippen molar-refractivity contribution in [2.45, 2.75) is 51.2 Å². The number of nitrogens with zero attached hydrogens (tertiary/aromatic N) is 4. The molecule has 1 aromatic rings. The Morgan fingerprint density at radius 1 is 1.17 bits per heavy atom. The van der Waals surface area contributed by atoms with Crippen molar-refractivity contribution < 1.29 is 0 Å². The Morgan fingerprint density at radius 3 is 2.72 bits per heavy atom. The van der Waals surface area contributed by atoms with Gasteiger partial charge in [0.1, 0.15) is 5.82 Å². The number of fused-ring (bicyclic) bond motifs is 2. The highest BCUT2D eigenvalue weighted by atomic mass is 15.3. The van der Waals surface area contributed by atoms with E-state index in [1.807, 2.05) is 6.20 Å². The molecular weight excluding hydrogens is 224 g/mol. The Morgan fingerprint density at radius 2 is 2.00 bits per heavy atom. The van der Waals surface area contributed by atoms with Crippen LogP contribution in [0.1, 0.15) is 33.1 Å². The van der Waals surface area contributed by atoms with Crippen LogP contribution in [0.25, 0.3) is 0 Å². The van der Waals surface area contributed by atoms with E-state index in [2.05, 4.69) is 33.6 Å². The normalized spacial score (nSPS) is 28.7. The maximum Gasteiger partial charge on any atom is 0.147 e. The molecule has 0 unspecified atom stereocenters. The van der Waals surface area contributed by atoms with Gasteiger partial charge in [-0.1, -0.05) is 0 Å². The number of aromatic nitrogens is 2. The van der Waals surface area contributed by atoms with Crippen molar-refractivity contribution in [3.63, 3.8) is 0 Å². The van der Waals surface area contributed by atoms with Gasteiger partial charge < -0.3 is 4.90 Å². The average molecular weight is 246 g/mol. The molecule has 3 rings (SSSR count). The fourth-order valence-corrected chi connectivity index (χ4v) is 3.62. The molecule has 0 aromatic carbocycles. The highest BCUT2D eigenvalue weighted by Gasteiger charge is 2.38. The zero-order valence-corrected chi connectivity index (χ0v) is 11.3. The molecule has 0 N–H and O–H groups in total. The minimum absolute atomic E-state index is 0.657. The number of anilines is 1. The summed E-state index contributed by atoms with van der Waals surface area (Å²) in [4.78, 5) is 13.8. The first kappa shape index (κ1) is 11.9. The first-order valence-electron chi connectivity index (χ1n) is 7.04. The zero-order chi connectivity index (χ0) is 12.5. The van der Waals surface area contributed by atoms with E-state index in [0.717, 1.165) is 24.9 Å². The summed E-state index contributed by atoms with van der Waals surface area (Å²) < 4.78 is 0. The maximum absolute atomic E-state index is 4.44. The monoisotopic (exact) mass is 246 g/mol. The quantitative estimate of drug-likeness (QED) is 0.798. The summed E-state index contributed by atoms with van der Waals surface area (Å²) in [6, 6.07) is 2.13. The Kier molecular flexibility index (Phi) is 3.20. The highest BCUT2D eigenvalue weighted by Crippen LogP contribution is 2.32. The summed E-state index contributed by atoms with van der Waals surface area (Å²) in [7, 11) is 0. The molecule has 2 atom stereocenters. The van der Waals surface area contributed by atoms with Crippen LogP contribution in [0.2, 0.25) is 0 Å². The van der Waals surface area contributed by atoms with Gasteiger partial charge >= 0.3 is 0 Å². The van der Waals surface area contributed by atoms with E-state index in [0.29, 0.717) is 12.1 Å². The van der Waals surface area contributed by atoms with E-state index in [1.54, 1.807) is 12.4 Å². The van der Waals surface area contributed by atoms with E-state index in [4.69, 9.17) is 0 Å². The van der Waals surface area contributed by atoms with E-state index in [9.17, 15) is 0 Å². The molecule has 4 nitrogen and oxygen atoms in total. The van der Waals surface area contributed by atoms with Crippen LogP contribution in [-0.4, -0.2) is 46.1 Å². The fraction of sp³-hybridized carbons (Fsp3) is 0.714. The molecule has 0 radical (unpaired) electrons. The van der Waals surface area contributed by atoms with Crippen molar-refractivity contribution in [1.29, 1.82) is 0 Å². The molecular formula is C14H22N4. The zero-order valence-electron chi connectivity index (χ0n) is 11.3. The molecule has 3 heterocycles. The van der Waals surface area contributed by atoms with E-state index < -0.39 is 0 Å². The van der Waals surface area contributed by atoms with E-state index in [1.165, 1.54) is 19.3 Å². The topological polar surface area (TPSA) is 32.3 Å². The molecule has 4 heteroatoms. The Hall–Kier alpha value is -1.16. The van der Waals surface area contributed by atoms with Gasteiger partial charge in [-0.3, -0.25) is 9.88 Å². The van der Waals surface area contributed by atoms with Crippen molar-refractivity contribution in [3.05, 3.63) is 18.6 Å². The van der Waals surface area contributed by atoms with Gasteiger partial charge in [-0.15, -0.1) is 0 Å². The van der Waals surface area contributed by atoms with Gasteiger partial charge in [-0.05, 0) is 33.1 Å². The summed E-state index contributed by atoms with van der Waals surface area (Å²) in [5.74, 6) is 1.04. The second kappa shape index (κ2) is 4.84. The van der Waals surface area contributed by atoms with Crippen molar-refractivity contribution in [2.75, 3.05) is 18.0 Å². The lowest BCUT2D eigenvalue weighted by atomic mass is 10.1. The van der Waals surface area contributed by atoms with Gasteiger partial charge in [0.25, 0.3) is 0 Å². The van der Waals surface area contributed by atoms with Crippen LogP contribution >= 0.6 is 0 Å². The second-order valence-corrected chi connectivity index (χ2v) is 5.72. The van der Waals surface area contributed by atoms with Gasteiger partial charge in [-0.2, -0.15) is 0 Å². The van der Waals surface area contributed by atoms with Gasteiger partial charge in [0.2, 0.25) is 0 Å². The lowest BCUT2D eigenvalue weighted by molar-refractivity contribution is 0.158. The van der Waals surface area contributed by atoms with Gasteiger partial charge in [0.05, 0.1) is 6.20 Å². The van der Waals surface area contributed by atoms with Crippen LogP contribution in [0.3, 0.4) is 0 Å². The van der Waals surface area contributed by atoms with E-state index in [-0.39, 0.29) is 0 Å². The second-order valence-electron chi connectivity index (χ2n) is 5.72. The SMILES string of the molecule is CC(C)N1[C@H]2CC[C@H]1CN(c1cnccn1)CC2. The molecule has 2 aliphatic heterocycles. The van der Waals surface area contributed by atoms with E-state index >= 15 is 0 Å². The third kappa shape index (κ3) is 2.09. The van der Waals surface area contributed by atoms with Gasteiger partial charge in [-0.25, -0.2) is 4.98 Å². The summed E-state index contributed by atoms with van der Waals surface area (Å²) in [6.07, 6.45) is 9.38. The number of hydrogen-bond donors (Lipinski definition) is 0. The molecule has 0 spiro atoms. The summed E-state index contributed by atoms with van der Waals surface area (Å²) in [5.41, 5.74) is 0. The molecule has 0 aliphatic carbocycles. The number of hydrogen-bond acceptors (Lipinski definition) is 4. The molecule has 2 saturated heterocycles. The van der Waals surface area contributed by atoms with Crippen LogP contribution in [-0.2, 0) is 0 Å². The Labute approximate surface area is 109 Å². The molecule has 0 amide bonds. The first-order valence-corrected chi connectivity index (χ1v) is 7.04. The summed E-state index contributed by atoms with van der Waals surface area (Å²) >= 11 is 0. The predicted molar refractivity (Wildman–Crippen MR) is 72.6 cm³/mol. The van der Waals surface area contributed by atoms with Crippen molar-refractivity contribution >= 4 is 5.82 Å². The van der Waals surface area contributed by atoms with Gasteiger partial charge in [0.15, 0.2) is 0 Å². The van der Waals surface area contributed by atoms with Crippen LogP contribution in [0.4, 0.5) is 5.82 Å². The fourth-order valence-electron chi connectivity index (χ4n) is 3.62. The number of rotatable bonds is 2. The summed E-state index contributed by atoms with van der Waals surface area (Å²) in [5, 5.41) is 0. The lowest BCUT2D eigenvalue weighted by Crippen LogP contribution is -2.43. The maximum atomic E-state index is 4.44. The summed E-state index contributed by atoms with van der Waals surface area (Å²) in [6.45, 7) is 6.86. The molecule has 1 aromatic heterocycles. The van der Waals surface area contributed by atoms with Gasteiger partial charge in [0, 0.05) is 43.6 Å². The molecule has 18 heavy (non-hydrogen) atoms. The predicted octanol–water partition coefficient (Wildman–Crippen LogP) is 1.93. The molecule has 2 aliphatic rings. The van der Waals surface area contributed by atoms with Crippen molar-refractivity contribution in [1.82, 2.24) is 14.9 Å². The molecule has 2 bridgehead atoms. The van der Waals surface area contributed by atoms with Crippen LogP contribution in [0.5, 0.6) is 0 Å². The minimum atomic E-state index is 0.657. The highest BCUT2D eigenvalue weighted by molar-refractivity contribution is 5.36. The first-order chi connectivity index (χ1) is 8.75. The van der Waals surface area contributed by atoms with Crippen LogP contribution < -0.4 is 4.90 Å². The lowest BCUT2D eigenvalue weighted by Gasteiger charge is -2.32. The smallest absolute Gasteiger partial charge is 0.147 e. The third-order valence-electron chi connectivity index (χ3n) is 4.31. The van der Waals surface area contributed by atoms with Crippen molar-refractivity contribution in [3.8, 4) is 0 Å². The molecule has 2 fully saturated rings. The molecule has 0 saturated carbocycles. The minimum Gasteiger partial charge on any atom is -0.354 e. The van der Waals surface area contributed by atoms with Crippen LogP contribution in [0, 0.1) is 0 Å². The third-order valence-corrected chi connectivity index (χ3v) is 4.31. The average Bonchev–Trinajstić information content (AvgIpc) is 2.65. The Balaban J connectivity index is 1.79. The molecule has 98 valence electrons. The van der Waals surface area contributed by atoms with Crippen molar-refractivity contribution in [2.24, 2.45) is 0 Å². The standard InChI is InChI=1S/C14H22N4/c1-11(2)18-12-3-4-13(18)10-17(8-5-12)14-9-15-6-7-16-14/h6-7,9,11-13H,3-5,8,10H2,1-2H3/t12-,13-/m0/s1. The van der Waals surface area contributed by atoms with Crippen LogP contribution in [0.15, 0.2) is 18.6 Å². The largest absolute Gasteiger partial charge is 0.354 e. The Bertz CT molecular complexity index is 392.